The first-order valence-corrected chi connectivity index (χ1v) is 9.72. The Kier molecular flexibility index (Phi) is 4.17. The van der Waals surface area contributed by atoms with Crippen molar-refractivity contribution < 1.29 is 8.42 Å². The van der Waals surface area contributed by atoms with Gasteiger partial charge in [0.15, 0.2) is 0 Å². The molecule has 2 aliphatic rings. The molecule has 4 nitrogen and oxygen atoms in total. The lowest BCUT2D eigenvalue weighted by Crippen LogP contribution is -2.28. The van der Waals surface area contributed by atoms with Crippen molar-refractivity contribution >= 4 is 21.4 Å². The highest BCUT2D eigenvalue weighted by atomic mass is 32.2. The first-order valence-electron chi connectivity index (χ1n) is 7.40. The predicted octanol–water partition coefficient (Wildman–Crippen LogP) is 2.42. The minimum atomic E-state index is -3.27. The van der Waals surface area contributed by atoms with Crippen LogP contribution in [0.2, 0.25) is 0 Å². The van der Waals surface area contributed by atoms with Crippen molar-refractivity contribution in [2.75, 3.05) is 13.1 Å². The minimum absolute atomic E-state index is 0.479. The summed E-state index contributed by atoms with van der Waals surface area (Å²) in [6, 6.07) is 2.50. The van der Waals surface area contributed by atoms with E-state index in [2.05, 4.69) is 12.2 Å². The Bertz CT molecular complexity index is 563. The minimum Gasteiger partial charge on any atom is -0.309 e. The first kappa shape index (κ1) is 14.5. The number of nitrogens with zero attached hydrogens (tertiary/aromatic N) is 1. The number of hydrogen-bond donors (Lipinski definition) is 1. The molecule has 0 spiro atoms. The molecule has 0 amide bonds. The number of thiophene rings is 1. The molecule has 20 heavy (non-hydrogen) atoms. The monoisotopic (exact) mass is 314 g/mol. The van der Waals surface area contributed by atoms with Crippen LogP contribution in [-0.2, 0) is 16.6 Å². The van der Waals surface area contributed by atoms with E-state index in [9.17, 15) is 8.42 Å². The fraction of sp³-hybridized carbons (Fsp3) is 0.714. The average molecular weight is 314 g/mol. The highest BCUT2D eigenvalue weighted by Gasteiger charge is 2.32. The van der Waals surface area contributed by atoms with Crippen LogP contribution in [-0.4, -0.2) is 31.9 Å². The summed E-state index contributed by atoms with van der Waals surface area (Å²) >= 11 is 1.54. The molecule has 1 aliphatic heterocycles. The largest absolute Gasteiger partial charge is 0.309 e. The second kappa shape index (κ2) is 5.75. The summed E-state index contributed by atoms with van der Waals surface area (Å²) in [7, 11) is -3.27. The maximum absolute atomic E-state index is 12.6. The van der Waals surface area contributed by atoms with Crippen LogP contribution in [0, 0.1) is 5.92 Å². The third kappa shape index (κ3) is 3.08. The summed E-state index contributed by atoms with van der Waals surface area (Å²) in [5.74, 6) is 0.527. The molecular formula is C14H22N2O2S2. The van der Waals surface area contributed by atoms with Crippen LogP contribution < -0.4 is 5.32 Å². The number of hydrogen-bond acceptors (Lipinski definition) is 4. The van der Waals surface area contributed by atoms with Gasteiger partial charge in [0.05, 0.1) is 4.90 Å². The summed E-state index contributed by atoms with van der Waals surface area (Å²) in [4.78, 5) is 1.59. The lowest BCUT2D eigenvalue weighted by atomic mass is 10.1. The van der Waals surface area contributed by atoms with Gasteiger partial charge < -0.3 is 5.32 Å². The second-order valence-corrected chi connectivity index (χ2v) is 8.76. The molecule has 1 N–H and O–H groups in total. The second-order valence-electron chi connectivity index (χ2n) is 5.83. The van der Waals surface area contributed by atoms with Crippen molar-refractivity contribution in [2.24, 2.45) is 5.92 Å². The average Bonchev–Trinajstić information content (AvgIpc) is 2.96. The van der Waals surface area contributed by atoms with Crippen molar-refractivity contribution in [3.05, 3.63) is 16.3 Å². The van der Waals surface area contributed by atoms with Gasteiger partial charge in [-0.1, -0.05) is 13.3 Å². The van der Waals surface area contributed by atoms with E-state index in [-0.39, 0.29) is 0 Å². The van der Waals surface area contributed by atoms with Crippen molar-refractivity contribution in [3.63, 3.8) is 0 Å². The summed E-state index contributed by atoms with van der Waals surface area (Å²) < 4.78 is 26.8. The van der Waals surface area contributed by atoms with Gasteiger partial charge in [-0.3, -0.25) is 0 Å². The van der Waals surface area contributed by atoms with Crippen molar-refractivity contribution in [3.8, 4) is 0 Å². The van der Waals surface area contributed by atoms with Crippen LogP contribution in [0.15, 0.2) is 16.3 Å². The van der Waals surface area contributed by atoms with Crippen LogP contribution in [0.1, 0.15) is 37.5 Å². The SMILES string of the molecule is CCC1CCN(S(=O)(=O)c2csc(CNC3CC3)c2)C1. The molecule has 0 radical (unpaired) electrons. The fourth-order valence-corrected chi connectivity index (χ4v) is 5.36. The zero-order chi connectivity index (χ0) is 14.2. The Hall–Kier alpha value is -0.430. The molecular weight excluding hydrogens is 292 g/mol. The third-order valence-corrected chi connectivity index (χ3v) is 7.16. The van der Waals surface area contributed by atoms with Gasteiger partial charge in [-0.25, -0.2) is 8.42 Å². The Morgan fingerprint density at radius 2 is 2.20 bits per heavy atom. The van der Waals surface area contributed by atoms with E-state index in [0.29, 0.717) is 29.9 Å². The molecule has 2 heterocycles. The van der Waals surface area contributed by atoms with E-state index in [1.807, 2.05) is 6.07 Å². The quantitative estimate of drug-likeness (QED) is 0.877. The Balaban J connectivity index is 1.67. The molecule has 1 unspecified atom stereocenters. The molecule has 1 aromatic rings. The predicted molar refractivity (Wildman–Crippen MR) is 81.3 cm³/mol. The van der Waals surface area contributed by atoms with Gasteiger partial charge in [-0.05, 0) is 31.2 Å². The molecule has 1 aliphatic carbocycles. The van der Waals surface area contributed by atoms with Gasteiger partial charge >= 0.3 is 0 Å². The first-order chi connectivity index (χ1) is 9.59. The third-order valence-electron chi connectivity index (χ3n) is 4.24. The topological polar surface area (TPSA) is 49.4 Å². The highest BCUT2D eigenvalue weighted by molar-refractivity contribution is 7.89. The maximum Gasteiger partial charge on any atom is 0.243 e. The van der Waals surface area contributed by atoms with Crippen molar-refractivity contribution in [1.29, 1.82) is 0 Å². The molecule has 0 bridgehead atoms. The van der Waals surface area contributed by atoms with E-state index in [1.54, 1.807) is 21.0 Å². The fourth-order valence-electron chi connectivity index (χ4n) is 2.62. The van der Waals surface area contributed by atoms with Crippen LogP contribution in [0.4, 0.5) is 0 Å². The zero-order valence-electron chi connectivity index (χ0n) is 11.8. The molecule has 0 aromatic carbocycles. The lowest BCUT2D eigenvalue weighted by Gasteiger charge is -2.15. The van der Waals surface area contributed by atoms with E-state index in [4.69, 9.17) is 0 Å². The van der Waals surface area contributed by atoms with Crippen LogP contribution >= 0.6 is 11.3 Å². The molecule has 1 atom stereocenters. The zero-order valence-corrected chi connectivity index (χ0v) is 13.5. The molecule has 112 valence electrons. The van der Waals surface area contributed by atoms with Gasteiger partial charge in [0.2, 0.25) is 10.0 Å². The molecule has 6 heteroatoms. The Morgan fingerprint density at radius 1 is 1.40 bits per heavy atom. The van der Waals surface area contributed by atoms with Gasteiger partial charge in [-0.15, -0.1) is 11.3 Å². The van der Waals surface area contributed by atoms with Crippen molar-refractivity contribution in [2.45, 2.75) is 50.1 Å². The summed E-state index contributed by atoms with van der Waals surface area (Å²) in [6.07, 6.45) is 4.56. The van der Waals surface area contributed by atoms with E-state index in [0.717, 1.165) is 24.3 Å². The molecule has 1 saturated heterocycles. The van der Waals surface area contributed by atoms with Crippen LogP contribution in [0.5, 0.6) is 0 Å². The molecule has 1 saturated carbocycles. The summed E-state index contributed by atoms with van der Waals surface area (Å²) in [6.45, 7) is 4.28. The number of nitrogens with one attached hydrogen (secondary N) is 1. The van der Waals surface area contributed by atoms with E-state index >= 15 is 0 Å². The number of sulfonamides is 1. The number of rotatable bonds is 6. The highest BCUT2D eigenvalue weighted by Crippen LogP contribution is 2.29. The summed E-state index contributed by atoms with van der Waals surface area (Å²) in [5.41, 5.74) is 0. The van der Waals surface area contributed by atoms with E-state index in [1.165, 1.54) is 12.8 Å². The van der Waals surface area contributed by atoms with Crippen LogP contribution in [0.3, 0.4) is 0 Å². The van der Waals surface area contributed by atoms with Gasteiger partial charge in [0.25, 0.3) is 0 Å². The molecule has 2 fully saturated rings. The molecule has 3 rings (SSSR count). The van der Waals surface area contributed by atoms with Gasteiger partial charge in [0.1, 0.15) is 0 Å². The van der Waals surface area contributed by atoms with Gasteiger partial charge in [-0.2, -0.15) is 4.31 Å². The standard InChI is InChI=1S/C14H22N2O2S2/c1-2-11-5-6-16(9-11)20(17,18)14-7-13(19-10-14)8-15-12-3-4-12/h7,10-12,15H,2-6,8-9H2,1H3. The maximum atomic E-state index is 12.6. The summed E-state index contributed by atoms with van der Waals surface area (Å²) in [5, 5.41) is 5.22. The Labute approximate surface area is 125 Å². The normalized spacial score (nSPS) is 24.4. The lowest BCUT2D eigenvalue weighted by molar-refractivity contribution is 0.453. The van der Waals surface area contributed by atoms with E-state index < -0.39 is 10.0 Å². The van der Waals surface area contributed by atoms with Gasteiger partial charge in [0, 0.05) is 35.9 Å². The van der Waals surface area contributed by atoms with Crippen molar-refractivity contribution in [1.82, 2.24) is 9.62 Å². The van der Waals surface area contributed by atoms with Crippen LogP contribution in [0.25, 0.3) is 0 Å². The Morgan fingerprint density at radius 3 is 2.85 bits per heavy atom. The molecule has 1 aromatic heterocycles. The smallest absolute Gasteiger partial charge is 0.243 e.